The van der Waals surface area contributed by atoms with Crippen LogP contribution in [0.5, 0.6) is 11.5 Å². The van der Waals surface area contributed by atoms with E-state index in [0.717, 1.165) is 5.56 Å². The van der Waals surface area contributed by atoms with Gasteiger partial charge in [-0.3, -0.25) is 24.1 Å². The number of fused-ring (bicyclic) bond motifs is 3. The van der Waals surface area contributed by atoms with E-state index in [1.807, 2.05) is 26.0 Å². The summed E-state index contributed by atoms with van der Waals surface area (Å²) in [6, 6.07) is 6.88. The highest BCUT2D eigenvalue weighted by atomic mass is 16.5. The molecule has 0 radical (unpaired) electrons. The van der Waals surface area contributed by atoms with Crippen molar-refractivity contribution in [3.63, 3.8) is 0 Å². The van der Waals surface area contributed by atoms with E-state index in [9.17, 15) is 39.6 Å². The molecule has 0 aliphatic heterocycles. The molecule has 5 rings (SSSR count). The summed E-state index contributed by atoms with van der Waals surface area (Å²) in [7, 11) is 6.00. The van der Waals surface area contributed by atoms with Gasteiger partial charge in [0, 0.05) is 23.6 Å². The van der Waals surface area contributed by atoms with E-state index < -0.39 is 64.1 Å². The number of aromatic hydroxyl groups is 1. The number of carbonyl (C=O) groups excluding carboxylic acids is 4. The molecule has 2 unspecified atom stereocenters. The summed E-state index contributed by atoms with van der Waals surface area (Å²) < 4.78 is 10.7. The first-order chi connectivity index (χ1) is 23.1. The van der Waals surface area contributed by atoms with Gasteiger partial charge in [-0.25, -0.2) is 0 Å². The number of nitrogens with zero attached hydrogens (tertiary/aromatic N) is 1. The molecule has 0 saturated carbocycles. The van der Waals surface area contributed by atoms with Gasteiger partial charge in [0.25, 0.3) is 5.91 Å². The Labute approximate surface area is 284 Å². The quantitative estimate of drug-likeness (QED) is 0.158. The number of aliphatic hydroxyl groups excluding tert-OH is 2. The van der Waals surface area contributed by atoms with Crippen LogP contribution in [0, 0.1) is 17.8 Å². The Morgan fingerprint density at radius 3 is 2.37 bits per heavy atom. The Bertz CT molecular complexity index is 1790. The molecular formula is C36H43N3O10. The van der Waals surface area contributed by atoms with E-state index in [1.165, 1.54) is 25.2 Å². The lowest BCUT2D eigenvalue weighted by Crippen LogP contribution is -2.63. The van der Waals surface area contributed by atoms with Crippen molar-refractivity contribution in [2.75, 3.05) is 28.3 Å². The molecule has 0 heterocycles. The van der Waals surface area contributed by atoms with Crippen LogP contribution in [0.25, 0.3) is 11.1 Å². The molecule has 0 spiro atoms. The third kappa shape index (κ3) is 5.85. The van der Waals surface area contributed by atoms with Gasteiger partial charge in [0.05, 0.1) is 25.8 Å². The number of likely N-dealkylation sites (N-methyl/N-ethyl adjacent to an activating group) is 1. The number of rotatable bonds is 10. The number of carbonyl (C=O) groups is 4. The Morgan fingerprint density at radius 1 is 1.08 bits per heavy atom. The van der Waals surface area contributed by atoms with Gasteiger partial charge < -0.3 is 41.0 Å². The fraction of sp³-hybridized carbons (Fsp3) is 0.444. The third-order valence-corrected chi connectivity index (χ3v) is 9.91. The van der Waals surface area contributed by atoms with Crippen molar-refractivity contribution in [3.05, 3.63) is 69.7 Å². The number of nitrogens with one attached hydrogen (secondary N) is 1. The van der Waals surface area contributed by atoms with Crippen molar-refractivity contribution < 1.29 is 49.1 Å². The Morgan fingerprint density at radius 2 is 1.78 bits per heavy atom. The maximum atomic E-state index is 14.2. The number of phenols is 1. The highest BCUT2D eigenvalue weighted by Gasteiger charge is 2.63. The minimum absolute atomic E-state index is 0.0350. The van der Waals surface area contributed by atoms with Crippen molar-refractivity contribution >= 4 is 23.4 Å². The van der Waals surface area contributed by atoms with E-state index in [1.54, 1.807) is 26.2 Å². The zero-order chi connectivity index (χ0) is 36.1. The summed E-state index contributed by atoms with van der Waals surface area (Å²) in [5.41, 5.74) is 3.95. The maximum Gasteiger partial charge on any atom is 0.322 e. The lowest BCUT2D eigenvalue weighted by Gasteiger charge is -2.50. The lowest BCUT2D eigenvalue weighted by molar-refractivity contribution is -0.148. The second-order valence-corrected chi connectivity index (χ2v) is 13.6. The zero-order valence-electron chi connectivity index (χ0n) is 28.4. The second kappa shape index (κ2) is 13.3. The molecule has 2 aromatic rings. The van der Waals surface area contributed by atoms with Crippen LogP contribution >= 0.6 is 0 Å². The summed E-state index contributed by atoms with van der Waals surface area (Å²) in [4.78, 5) is 53.9. The molecule has 13 heteroatoms. The Balaban J connectivity index is 1.61. The number of ketones is 2. The monoisotopic (exact) mass is 677 g/mol. The summed E-state index contributed by atoms with van der Waals surface area (Å²) >= 11 is 0. The van der Waals surface area contributed by atoms with Crippen LogP contribution in [0.4, 0.5) is 0 Å². The summed E-state index contributed by atoms with van der Waals surface area (Å²) in [5.74, 6) is -6.80. The number of hydrogen-bond acceptors (Lipinski definition) is 12. The van der Waals surface area contributed by atoms with Gasteiger partial charge >= 0.3 is 5.97 Å². The van der Waals surface area contributed by atoms with Gasteiger partial charge in [-0.05, 0) is 80.1 Å². The van der Waals surface area contributed by atoms with Crippen LogP contribution in [0.2, 0.25) is 0 Å². The van der Waals surface area contributed by atoms with Crippen LogP contribution in [0.1, 0.15) is 48.2 Å². The first-order valence-corrected chi connectivity index (χ1v) is 16.1. The highest BCUT2D eigenvalue weighted by Crippen LogP contribution is 2.53. The molecule has 3 aliphatic carbocycles. The number of methoxy groups -OCH3 is 2. The van der Waals surface area contributed by atoms with Crippen molar-refractivity contribution in [3.8, 4) is 22.6 Å². The molecule has 3 aliphatic rings. The number of Topliss-reactive ketones (excluding diaryl/α,β-unsaturated/α-hetero) is 2. The van der Waals surface area contributed by atoms with E-state index in [4.69, 9.17) is 15.2 Å². The number of amides is 1. The fourth-order valence-electron chi connectivity index (χ4n) is 7.70. The maximum absolute atomic E-state index is 14.2. The van der Waals surface area contributed by atoms with Crippen molar-refractivity contribution in [1.29, 1.82) is 0 Å². The molecule has 2 aromatic carbocycles. The normalized spacial score (nSPS) is 24.1. The summed E-state index contributed by atoms with van der Waals surface area (Å²) in [5, 5.41) is 48.8. The largest absolute Gasteiger partial charge is 0.510 e. The minimum atomic E-state index is -2.72. The number of esters is 1. The first kappa shape index (κ1) is 35.6. The minimum Gasteiger partial charge on any atom is -0.510 e. The number of benzene rings is 2. The molecule has 0 fully saturated rings. The topological polar surface area (TPSA) is 209 Å². The van der Waals surface area contributed by atoms with Crippen LogP contribution in [0.15, 0.2) is 53.0 Å². The highest BCUT2D eigenvalue weighted by molar-refractivity contribution is 6.25. The smallest absolute Gasteiger partial charge is 0.322 e. The van der Waals surface area contributed by atoms with E-state index in [2.05, 4.69) is 5.32 Å². The number of hydrogen-bond donors (Lipinski definition) is 6. The van der Waals surface area contributed by atoms with Gasteiger partial charge in [0.1, 0.15) is 34.6 Å². The van der Waals surface area contributed by atoms with Crippen molar-refractivity contribution in [2.24, 2.45) is 23.5 Å². The second-order valence-electron chi connectivity index (χ2n) is 13.6. The molecule has 1 amide bonds. The standard InChI is InChI=1S/C36H43N3O10/c1-16(2)11-23(35(46)49-6)38-15-17-7-10-25(48-5)20(12-17)19-8-9-24(40)27-21(19)13-18-14-22-29(39(3)4)31(42)28(34(37)45)33(44)36(22,47)32(43)26(18)30(27)41/h7-10,12,16,18,22-23,29,38,40,42-43,47H,11,13-15H2,1-6H3,(H2,37,45)/t18-,22-,23?,29?,36-/m0/s1. The van der Waals surface area contributed by atoms with Gasteiger partial charge in [-0.1, -0.05) is 26.0 Å². The predicted molar refractivity (Wildman–Crippen MR) is 178 cm³/mol. The lowest BCUT2D eigenvalue weighted by atomic mass is 9.58. The molecule has 7 N–H and O–H groups in total. The molecule has 49 heavy (non-hydrogen) atoms. The number of nitrogens with two attached hydrogens (primary N) is 1. The van der Waals surface area contributed by atoms with Crippen LogP contribution in [-0.2, 0) is 32.1 Å². The van der Waals surface area contributed by atoms with Crippen LogP contribution in [0.3, 0.4) is 0 Å². The van der Waals surface area contributed by atoms with Crippen molar-refractivity contribution in [2.45, 2.75) is 57.3 Å². The average Bonchev–Trinajstić information content (AvgIpc) is 3.03. The van der Waals surface area contributed by atoms with Gasteiger partial charge in [-0.2, -0.15) is 0 Å². The van der Waals surface area contributed by atoms with Crippen LogP contribution < -0.4 is 15.8 Å². The molecule has 0 saturated heterocycles. The van der Waals surface area contributed by atoms with E-state index in [0.29, 0.717) is 35.4 Å². The van der Waals surface area contributed by atoms with Gasteiger partial charge in [0.15, 0.2) is 11.4 Å². The predicted octanol–water partition coefficient (Wildman–Crippen LogP) is 2.47. The molecule has 13 nitrogen and oxygen atoms in total. The number of allylic oxidation sites excluding steroid dienone is 1. The third-order valence-electron chi connectivity index (χ3n) is 9.91. The van der Waals surface area contributed by atoms with Crippen LogP contribution in [-0.4, -0.2) is 94.8 Å². The Kier molecular flexibility index (Phi) is 9.66. The average molecular weight is 678 g/mol. The SMILES string of the molecule is COC(=O)C(CC(C)C)NCc1ccc(OC)c(-c2ccc(O)c3c2C[C@H]2C[C@H]4C(N(C)C)C(O)=C(C(N)=O)C(=O)[C@@]4(O)C(O)=C2C3=O)c1. The van der Waals surface area contributed by atoms with Gasteiger partial charge in [-0.15, -0.1) is 0 Å². The molecule has 262 valence electrons. The number of phenolic OH excluding ortho intramolecular Hbond substituents is 1. The molecule has 0 bridgehead atoms. The first-order valence-electron chi connectivity index (χ1n) is 16.1. The van der Waals surface area contributed by atoms with E-state index >= 15 is 0 Å². The number of aliphatic hydroxyl groups is 3. The van der Waals surface area contributed by atoms with E-state index in [-0.39, 0.29) is 41.6 Å². The van der Waals surface area contributed by atoms with Crippen molar-refractivity contribution in [1.82, 2.24) is 10.2 Å². The molecule has 5 atom stereocenters. The Hall–Kier alpha value is -4.72. The number of primary amides is 1. The number of ether oxygens (including phenoxy) is 2. The summed E-state index contributed by atoms with van der Waals surface area (Å²) in [6.07, 6.45) is 0.649. The summed E-state index contributed by atoms with van der Waals surface area (Å²) in [6.45, 7) is 4.34. The van der Waals surface area contributed by atoms with Gasteiger partial charge in [0.2, 0.25) is 5.78 Å². The molecular weight excluding hydrogens is 634 g/mol. The zero-order valence-corrected chi connectivity index (χ0v) is 28.4. The molecule has 0 aromatic heterocycles. The fourth-order valence-corrected chi connectivity index (χ4v) is 7.70.